The van der Waals surface area contributed by atoms with E-state index in [-0.39, 0.29) is 13.2 Å². The molecule has 24 nitrogen and oxygen atoms in total. The molecule has 12 heterocycles. The number of hydrogen-bond donors (Lipinski definition) is 2. The fourth-order valence-corrected chi connectivity index (χ4v) is 21.5. The zero-order chi connectivity index (χ0) is 95.8. The number of carboxylic acid groups (broad SMARTS) is 1. The van der Waals surface area contributed by atoms with Crippen molar-refractivity contribution in [2.75, 3.05) is 42.6 Å². The molecule has 0 radical (unpaired) electrons. The molecule has 3 aliphatic heterocycles. The first-order valence-corrected chi connectivity index (χ1v) is 48.6. The van der Waals surface area contributed by atoms with Crippen LogP contribution in [0.2, 0.25) is 20.2 Å². The Hall–Kier alpha value is -10.9. The second-order valence-electron chi connectivity index (χ2n) is 36.6. The monoisotopic (exact) mass is 1940 g/mol. The molecule has 31 heteroatoms. The number of thiazole rings is 3. The van der Waals surface area contributed by atoms with E-state index in [0.29, 0.717) is 25.8 Å². The van der Waals surface area contributed by atoms with E-state index in [9.17, 15) is 19.5 Å². The minimum absolute atomic E-state index is 0.258. The summed E-state index contributed by atoms with van der Waals surface area (Å²) >= 11 is 29.6. The summed E-state index contributed by atoms with van der Waals surface area (Å²) in [6, 6.07) is 40.6. The minimum atomic E-state index is -1.16. The van der Waals surface area contributed by atoms with Gasteiger partial charge in [0.05, 0.1) is 77.7 Å². The number of carbonyl (C=O) groups is 3. The van der Waals surface area contributed by atoms with Crippen LogP contribution in [0.4, 0.5) is 11.6 Å². The molecule has 0 saturated heterocycles. The van der Waals surface area contributed by atoms with E-state index in [1.807, 2.05) is 240 Å². The molecule has 15 aromatic rings. The van der Waals surface area contributed by atoms with Crippen molar-refractivity contribution >= 4 is 141 Å². The van der Waals surface area contributed by atoms with Crippen LogP contribution in [0.3, 0.4) is 0 Å². The summed E-state index contributed by atoms with van der Waals surface area (Å²) in [7, 11) is 6.05. The first-order chi connectivity index (χ1) is 63.7. The molecule has 6 aromatic carbocycles. The fourth-order valence-electron chi connectivity index (χ4n) is 17.6. The number of nitrogens with one attached hydrogen (secondary N) is 1. The number of aromatic nitrogens is 12. The van der Waals surface area contributed by atoms with Gasteiger partial charge in [-0.2, -0.15) is 15.3 Å². The number of rotatable bonds is 19. The Balaban J connectivity index is 0.000000145. The van der Waals surface area contributed by atoms with Crippen molar-refractivity contribution in [2.45, 2.75) is 192 Å². The third-order valence-electron chi connectivity index (χ3n) is 23.4. The Kier molecular flexibility index (Phi) is 29.5. The third-order valence-corrected chi connectivity index (χ3v) is 27.8. The number of aryl methyl sites for hydroxylation is 9. The van der Waals surface area contributed by atoms with E-state index in [2.05, 4.69) is 68.3 Å². The zero-order valence-corrected chi connectivity index (χ0v) is 84.6. The van der Waals surface area contributed by atoms with Gasteiger partial charge in [-0.3, -0.25) is 14.0 Å². The molecular formula is C103H111Cl4N15O9S3. The molecule has 0 fully saturated rings. The minimum Gasteiger partial charge on any atom is -0.479 e. The van der Waals surface area contributed by atoms with Crippen molar-refractivity contribution in [3.63, 3.8) is 0 Å². The largest absolute Gasteiger partial charge is 0.479 e. The van der Waals surface area contributed by atoms with Crippen molar-refractivity contribution in [3.05, 3.63) is 250 Å². The number of nitrogens with zero attached hydrogens (tertiary/aromatic N) is 14. The van der Waals surface area contributed by atoms with Crippen LogP contribution >= 0.6 is 80.4 Å². The van der Waals surface area contributed by atoms with Crippen LogP contribution in [0.5, 0.6) is 0 Å². The van der Waals surface area contributed by atoms with Gasteiger partial charge in [0.2, 0.25) is 0 Å². The predicted octanol–water partition coefficient (Wildman–Crippen LogP) is 24.0. The molecule has 9 aromatic heterocycles. The zero-order valence-electron chi connectivity index (χ0n) is 79.1. The van der Waals surface area contributed by atoms with Crippen LogP contribution < -0.4 is 15.1 Å². The SMILES string of the molecule is CCOC(=O)[C@@H](OC(C)(C)C)c1c(C)cc2nc(-c3ccnc(Cl)c3)sc2c1-c1ccc(Cl)cc1.CCOC(=O)[C@@H](OC(C)(C)C)c1c(C)cc2nc(-c3ccnc(N4CCc5c(c(C)nn5C)C4)c3)sc2c1-c1ccc(Cl)cc1.Cc1cc2nc(-c3ccnc(N4CCc5c(c(C)nn5C)C4)c3)sc2c(-c2ccc(Cl)cc2)c1[C@H](OC(C)(C)C)C(=O)O.Cc1nn(C)c2c1CNCC2. The Labute approximate surface area is 813 Å². The molecule has 2 N–H and O–H groups in total. The molecule has 698 valence electrons. The lowest BCUT2D eigenvalue weighted by Gasteiger charge is -2.29. The lowest BCUT2D eigenvalue weighted by atomic mass is 9.91. The molecule has 0 spiro atoms. The van der Waals surface area contributed by atoms with Gasteiger partial charge in [-0.1, -0.05) is 82.8 Å². The van der Waals surface area contributed by atoms with Gasteiger partial charge in [0.1, 0.15) is 31.8 Å². The highest BCUT2D eigenvalue weighted by Gasteiger charge is 2.39. The quantitative estimate of drug-likeness (QED) is 0.0562. The van der Waals surface area contributed by atoms with E-state index in [4.69, 9.17) is 95.0 Å². The number of carboxylic acids is 1. The van der Waals surface area contributed by atoms with Gasteiger partial charge in [-0.05, 0) is 242 Å². The topological polar surface area (TPSA) is 267 Å². The third kappa shape index (κ3) is 21.8. The molecule has 0 saturated carbocycles. The molecular weight excluding hydrogens is 1830 g/mol. The Bertz CT molecular complexity index is 6880. The Morgan fingerprint density at radius 2 is 0.761 bits per heavy atom. The number of pyridine rings is 3. The number of esters is 2. The van der Waals surface area contributed by atoms with Gasteiger partial charge < -0.3 is 43.9 Å². The van der Waals surface area contributed by atoms with Gasteiger partial charge in [0, 0.05) is 197 Å². The maximum Gasteiger partial charge on any atom is 0.339 e. The molecule has 0 bridgehead atoms. The van der Waals surface area contributed by atoms with Crippen molar-refractivity contribution in [3.8, 4) is 65.1 Å². The van der Waals surface area contributed by atoms with Crippen molar-refractivity contribution in [1.82, 2.24) is 64.6 Å². The maximum atomic E-state index is 13.5. The average Bonchev–Trinajstić information content (AvgIpc) is 1.52. The van der Waals surface area contributed by atoms with Crippen LogP contribution in [0, 0.1) is 41.5 Å². The van der Waals surface area contributed by atoms with E-state index in [0.717, 1.165) is 205 Å². The van der Waals surface area contributed by atoms with Crippen LogP contribution in [-0.2, 0) is 98.1 Å². The van der Waals surface area contributed by atoms with Crippen LogP contribution in [0.15, 0.2) is 146 Å². The van der Waals surface area contributed by atoms with Gasteiger partial charge in [-0.15, -0.1) is 34.0 Å². The fraction of sp³-hybridized carbons (Fsp3) is 0.359. The van der Waals surface area contributed by atoms with Crippen molar-refractivity contribution in [2.24, 2.45) is 21.1 Å². The second-order valence-corrected chi connectivity index (χ2v) is 41.3. The molecule has 3 aliphatic rings. The van der Waals surface area contributed by atoms with Gasteiger partial charge in [0.25, 0.3) is 0 Å². The summed E-state index contributed by atoms with van der Waals surface area (Å²) in [5, 5.41) is 32.1. The van der Waals surface area contributed by atoms with Crippen LogP contribution in [0.25, 0.3) is 95.7 Å². The smallest absolute Gasteiger partial charge is 0.339 e. The number of carbonyl (C=O) groups excluding carboxylic acids is 2. The molecule has 18 rings (SSSR count). The van der Waals surface area contributed by atoms with Crippen molar-refractivity contribution in [1.29, 1.82) is 0 Å². The summed E-state index contributed by atoms with van der Waals surface area (Å²) in [5.41, 5.74) is 24.7. The Morgan fingerprint density at radius 3 is 1.10 bits per heavy atom. The number of benzene rings is 6. The maximum absolute atomic E-state index is 13.5. The number of ether oxygens (including phenoxy) is 5. The van der Waals surface area contributed by atoms with E-state index in [1.165, 1.54) is 50.8 Å². The Morgan fingerprint density at radius 1 is 0.433 bits per heavy atom. The molecule has 0 unspecified atom stereocenters. The van der Waals surface area contributed by atoms with Gasteiger partial charge in [0.15, 0.2) is 18.3 Å². The number of fused-ring (bicyclic) bond motifs is 6. The van der Waals surface area contributed by atoms with E-state index >= 15 is 0 Å². The molecule has 3 atom stereocenters. The predicted molar refractivity (Wildman–Crippen MR) is 540 cm³/mol. The van der Waals surface area contributed by atoms with Crippen molar-refractivity contribution < 1.29 is 43.2 Å². The summed E-state index contributed by atoms with van der Waals surface area (Å²) in [4.78, 5) is 72.5. The normalized spacial score (nSPS) is 14.0. The highest BCUT2D eigenvalue weighted by atomic mass is 35.5. The number of aliphatic carboxylic acids is 1. The average molecular weight is 1940 g/mol. The lowest BCUT2D eigenvalue weighted by Crippen LogP contribution is -2.31. The number of halogens is 4. The second kappa shape index (κ2) is 40.6. The summed E-state index contributed by atoms with van der Waals surface area (Å²) in [6.07, 6.45) is 5.31. The molecule has 134 heavy (non-hydrogen) atoms. The van der Waals surface area contributed by atoms with E-state index in [1.54, 1.807) is 48.8 Å². The van der Waals surface area contributed by atoms with Gasteiger partial charge >= 0.3 is 17.9 Å². The number of hydrogen-bond acceptors (Lipinski definition) is 23. The highest BCUT2D eigenvalue weighted by Crippen LogP contribution is 2.50. The summed E-state index contributed by atoms with van der Waals surface area (Å²) in [6.45, 7) is 38.8. The van der Waals surface area contributed by atoms with Crippen LogP contribution in [-0.4, -0.2) is 132 Å². The summed E-state index contributed by atoms with van der Waals surface area (Å²) in [5.74, 6) is -0.0705. The van der Waals surface area contributed by atoms with E-state index < -0.39 is 53.0 Å². The first kappa shape index (κ1) is 97.6. The molecule has 0 aliphatic carbocycles. The standard InChI is InChI=1S/C35H38ClN5O3S.C33H34ClN5O3S.C27H26Cl2N2O3S.C8H13N3/c1-8-43-34(42)31(44-35(4,5)6)29-20(2)17-26-32(30(29)22-9-11-24(36)12-10-22)45-33(38-26)23-13-15-37-28(18-23)41-16-14-27-25(19-41)21(3)39-40(27)7;1-18-15-24-30(28(20-7-9-22(34)10-8-20)27(18)29(32(40)41)42-33(3,4)5)43-31(36-24)21-11-13-35-26(16-21)39-14-12-25-23(17-39)19(2)37-38(25)6;1-6-33-26(32)23(34-27(3,4)5)21-15(2)13-19-24(22(21)16-7-9-18(28)10-8-16)35-25(31-19)17-11-12-30-20(29)14-17;1-6-7-5-9-4-3-8(7)11(2)10-6/h9-13,15,17-18,31H,8,14,16,19H2,1-7H3;7-11,13,15-16,29H,12,14,17H2,1-6H3,(H,40,41);7-14,23H,6H2,1-5H3;9H,3-5H2,1-2H3/t31-;29-;23-;/m000./s1. The van der Waals surface area contributed by atoms with Gasteiger partial charge in [-0.25, -0.2) is 44.3 Å². The molecule has 0 amide bonds. The summed E-state index contributed by atoms with van der Waals surface area (Å²) < 4.78 is 38.7. The van der Waals surface area contributed by atoms with Crippen LogP contribution in [0.1, 0.15) is 179 Å². The first-order valence-electron chi connectivity index (χ1n) is 44.7. The number of anilines is 2. The highest BCUT2D eigenvalue weighted by molar-refractivity contribution is 7.23. The lowest BCUT2D eigenvalue weighted by molar-refractivity contribution is -0.167.